The summed E-state index contributed by atoms with van der Waals surface area (Å²) in [6, 6.07) is 13.2. The summed E-state index contributed by atoms with van der Waals surface area (Å²) < 4.78 is 11.2. The normalized spacial score (nSPS) is 13.8. The lowest BCUT2D eigenvalue weighted by atomic mass is 10.1. The minimum Gasteiger partial charge on any atom is -0.493 e. The quantitative estimate of drug-likeness (QED) is 0.529. The van der Waals surface area contributed by atoms with Crippen molar-refractivity contribution in [1.29, 1.82) is 0 Å². The fourth-order valence-corrected chi connectivity index (χ4v) is 2.78. The Morgan fingerprint density at radius 3 is 2.48 bits per heavy atom. The van der Waals surface area contributed by atoms with Crippen LogP contribution >= 0.6 is 0 Å². The number of carbonyl (C=O) groups excluding carboxylic acids is 3. The summed E-state index contributed by atoms with van der Waals surface area (Å²) >= 11 is 0. The topological polar surface area (TPSA) is 82.1 Å². The van der Waals surface area contributed by atoms with Gasteiger partial charge in [-0.1, -0.05) is 30.3 Å². The standard InChI is InChI=1S/C22H21NO6/c1-15-5-3-4-6-17(15)14-28-18-9-7-16(13-19(18)27-2)8-12-22(26)29-23-20(24)10-11-21(23)25/h3-9,12-13H,10-11,14H2,1-2H3/b12-8+. The largest absolute Gasteiger partial charge is 0.493 e. The fraction of sp³-hybridized carbons (Fsp3) is 0.227. The minimum absolute atomic E-state index is 0.0526. The monoisotopic (exact) mass is 395 g/mol. The van der Waals surface area contributed by atoms with Crippen molar-refractivity contribution in [1.82, 2.24) is 5.06 Å². The van der Waals surface area contributed by atoms with E-state index in [4.69, 9.17) is 14.3 Å². The Hall–Kier alpha value is -3.61. The number of hydrogen-bond acceptors (Lipinski definition) is 6. The van der Waals surface area contributed by atoms with E-state index < -0.39 is 17.8 Å². The van der Waals surface area contributed by atoms with Gasteiger partial charge in [-0.15, -0.1) is 5.06 Å². The molecule has 3 rings (SSSR count). The molecule has 0 radical (unpaired) electrons. The van der Waals surface area contributed by atoms with Crippen LogP contribution in [-0.4, -0.2) is 30.0 Å². The van der Waals surface area contributed by atoms with Gasteiger partial charge in [0.25, 0.3) is 11.8 Å². The molecule has 0 saturated carbocycles. The Bertz CT molecular complexity index is 950. The van der Waals surface area contributed by atoms with Crippen molar-refractivity contribution in [2.45, 2.75) is 26.4 Å². The molecule has 7 heteroatoms. The number of imide groups is 1. The zero-order valence-electron chi connectivity index (χ0n) is 16.2. The van der Waals surface area contributed by atoms with Gasteiger partial charge in [-0.05, 0) is 41.8 Å². The summed E-state index contributed by atoms with van der Waals surface area (Å²) in [6.45, 7) is 2.43. The average molecular weight is 395 g/mol. The first kappa shape index (κ1) is 20.1. The highest BCUT2D eigenvalue weighted by Crippen LogP contribution is 2.29. The number of amides is 2. The summed E-state index contributed by atoms with van der Waals surface area (Å²) in [4.78, 5) is 39.6. The van der Waals surface area contributed by atoms with Crippen molar-refractivity contribution < 1.29 is 28.7 Å². The predicted octanol–water partition coefficient (Wildman–Crippen LogP) is 3.20. The van der Waals surface area contributed by atoms with Gasteiger partial charge in [0.1, 0.15) is 6.61 Å². The number of hydrogen-bond donors (Lipinski definition) is 0. The van der Waals surface area contributed by atoms with Crippen LogP contribution in [0.1, 0.15) is 29.5 Å². The third kappa shape index (κ3) is 5.01. The molecular weight excluding hydrogens is 374 g/mol. The molecule has 0 aromatic heterocycles. The smallest absolute Gasteiger partial charge is 0.356 e. The molecule has 2 aromatic carbocycles. The van der Waals surface area contributed by atoms with Crippen LogP contribution in [0.25, 0.3) is 6.08 Å². The van der Waals surface area contributed by atoms with Gasteiger partial charge in [-0.25, -0.2) is 4.79 Å². The van der Waals surface area contributed by atoms with E-state index in [1.165, 1.54) is 13.2 Å². The van der Waals surface area contributed by atoms with Gasteiger partial charge in [0, 0.05) is 18.9 Å². The maximum Gasteiger partial charge on any atom is 0.356 e. The van der Waals surface area contributed by atoms with Crippen LogP contribution in [0.4, 0.5) is 0 Å². The summed E-state index contributed by atoms with van der Waals surface area (Å²) in [6.07, 6.45) is 2.75. The lowest BCUT2D eigenvalue weighted by Crippen LogP contribution is -2.31. The number of methoxy groups -OCH3 is 1. The molecule has 2 amide bonds. The molecule has 150 valence electrons. The first-order chi connectivity index (χ1) is 14.0. The highest BCUT2D eigenvalue weighted by atomic mass is 16.7. The second kappa shape index (κ2) is 9.05. The Morgan fingerprint density at radius 2 is 1.79 bits per heavy atom. The summed E-state index contributed by atoms with van der Waals surface area (Å²) in [5.41, 5.74) is 2.88. The average Bonchev–Trinajstić information content (AvgIpc) is 3.04. The van der Waals surface area contributed by atoms with Crippen molar-refractivity contribution in [2.24, 2.45) is 0 Å². The molecule has 0 N–H and O–H groups in total. The van der Waals surface area contributed by atoms with Crippen LogP contribution in [0.5, 0.6) is 11.5 Å². The molecule has 0 unspecified atom stereocenters. The van der Waals surface area contributed by atoms with Gasteiger partial charge in [0.2, 0.25) is 0 Å². The first-order valence-corrected chi connectivity index (χ1v) is 9.09. The lowest BCUT2D eigenvalue weighted by Gasteiger charge is -2.13. The van der Waals surface area contributed by atoms with E-state index in [1.807, 2.05) is 31.2 Å². The number of nitrogens with zero attached hydrogens (tertiary/aromatic N) is 1. The number of aryl methyl sites for hydroxylation is 1. The first-order valence-electron chi connectivity index (χ1n) is 9.09. The molecule has 7 nitrogen and oxygen atoms in total. The maximum atomic E-state index is 11.9. The van der Waals surface area contributed by atoms with Crippen LogP contribution in [0, 0.1) is 6.92 Å². The summed E-state index contributed by atoms with van der Waals surface area (Å²) in [5.74, 6) is -0.766. The third-order valence-electron chi connectivity index (χ3n) is 4.43. The molecule has 1 heterocycles. The SMILES string of the molecule is COc1cc(/C=C/C(=O)ON2C(=O)CCC2=O)ccc1OCc1ccccc1C. The Labute approximate surface area is 168 Å². The lowest BCUT2D eigenvalue weighted by molar-refractivity contribution is -0.193. The van der Waals surface area contributed by atoms with Crippen LogP contribution < -0.4 is 9.47 Å². The van der Waals surface area contributed by atoms with Crippen molar-refractivity contribution in [3.05, 3.63) is 65.2 Å². The number of carbonyl (C=O) groups is 3. The zero-order chi connectivity index (χ0) is 20.8. The highest BCUT2D eigenvalue weighted by molar-refractivity contribution is 6.02. The second-order valence-electron chi connectivity index (χ2n) is 6.45. The van der Waals surface area contributed by atoms with Crippen LogP contribution in [-0.2, 0) is 25.8 Å². The van der Waals surface area contributed by atoms with Crippen molar-refractivity contribution in [2.75, 3.05) is 7.11 Å². The van der Waals surface area contributed by atoms with Crippen LogP contribution in [0.15, 0.2) is 48.5 Å². The van der Waals surface area contributed by atoms with E-state index in [0.717, 1.165) is 17.2 Å². The molecule has 29 heavy (non-hydrogen) atoms. The van der Waals surface area contributed by atoms with Gasteiger partial charge >= 0.3 is 5.97 Å². The summed E-state index contributed by atoms with van der Waals surface area (Å²) in [5, 5.41) is 0.510. The molecule has 0 atom stereocenters. The molecule has 0 aliphatic carbocycles. The van der Waals surface area contributed by atoms with E-state index in [1.54, 1.807) is 18.2 Å². The predicted molar refractivity (Wildman–Crippen MR) is 105 cm³/mol. The van der Waals surface area contributed by atoms with Crippen molar-refractivity contribution in [3.8, 4) is 11.5 Å². The van der Waals surface area contributed by atoms with Crippen LogP contribution in [0.2, 0.25) is 0 Å². The fourth-order valence-electron chi connectivity index (χ4n) is 2.78. The molecule has 2 aromatic rings. The van der Waals surface area contributed by atoms with Crippen molar-refractivity contribution in [3.63, 3.8) is 0 Å². The maximum absolute atomic E-state index is 11.9. The second-order valence-corrected chi connectivity index (χ2v) is 6.45. The van der Waals surface area contributed by atoms with Gasteiger partial charge in [-0.2, -0.15) is 0 Å². The Kier molecular flexibility index (Phi) is 6.29. The Balaban J connectivity index is 1.64. The van der Waals surface area contributed by atoms with Gasteiger partial charge in [-0.3, -0.25) is 9.59 Å². The molecule has 1 fully saturated rings. The van der Waals surface area contributed by atoms with Crippen molar-refractivity contribution >= 4 is 23.9 Å². The zero-order valence-corrected chi connectivity index (χ0v) is 16.2. The third-order valence-corrected chi connectivity index (χ3v) is 4.43. The van der Waals surface area contributed by atoms with E-state index in [2.05, 4.69) is 0 Å². The molecule has 1 saturated heterocycles. The highest BCUT2D eigenvalue weighted by Gasteiger charge is 2.32. The van der Waals surface area contributed by atoms with E-state index >= 15 is 0 Å². The van der Waals surface area contributed by atoms with E-state index in [9.17, 15) is 14.4 Å². The molecular formula is C22H21NO6. The molecule has 1 aliphatic rings. The Morgan fingerprint density at radius 1 is 1.07 bits per heavy atom. The molecule has 1 aliphatic heterocycles. The van der Waals surface area contributed by atoms with Crippen LogP contribution in [0.3, 0.4) is 0 Å². The number of rotatable bonds is 7. The van der Waals surface area contributed by atoms with E-state index in [-0.39, 0.29) is 12.8 Å². The van der Waals surface area contributed by atoms with Gasteiger partial charge in [0.15, 0.2) is 11.5 Å². The molecule has 0 spiro atoms. The minimum atomic E-state index is -0.813. The van der Waals surface area contributed by atoms with Gasteiger partial charge < -0.3 is 14.3 Å². The number of ether oxygens (including phenoxy) is 2. The van der Waals surface area contributed by atoms with Gasteiger partial charge in [0.05, 0.1) is 7.11 Å². The number of benzene rings is 2. The number of hydroxylamine groups is 2. The molecule has 0 bridgehead atoms. The van der Waals surface area contributed by atoms with E-state index in [0.29, 0.717) is 28.7 Å². The summed E-state index contributed by atoms with van der Waals surface area (Å²) in [7, 11) is 1.53.